The topological polar surface area (TPSA) is 67.5 Å². The molecule has 0 bridgehead atoms. The highest BCUT2D eigenvalue weighted by molar-refractivity contribution is 6.17. The number of rotatable bonds is 1. The Morgan fingerprint density at radius 3 is 2.93 bits per heavy atom. The van der Waals surface area contributed by atoms with E-state index in [1.165, 1.54) is 0 Å². The van der Waals surface area contributed by atoms with E-state index in [1.54, 1.807) is 6.92 Å². The summed E-state index contributed by atoms with van der Waals surface area (Å²) in [5.41, 5.74) is 2.43. The maximum absolute atomic E-state index is 11.6. The molecule has 0 fully saturated rings. The minimum absolute atomic E-state index is 0.0575. The summed E-state index contributed by atoms with van der Waals surface area (Å²) in [5.74, 6) is 4.80. The van der Waals surface area contributed by atoms with Gasteiger partial charge in [-0.05, 0) is 18.6 Å². The lowest BCUT2D eigenvalue weighted by atomic mass is 9.97. The molecule has 0 aliphatic carbocycles. The zero-order chi connectivity index (χ0) is 10.1. The molecule has 4 nitrogen and oxygen atoms in total. The van der Waals surface area contributed by atoms with Gasteiger partial charge in [0.15, 0.2) is 0 Å². The van der Waals surface area contributed by atoms with Gasteiger partial charge in [0.2, 0.25) is 5.91 Å². The number of nitrogens with two attached hydrogens (primary N) is 1. The number of benzene rings is 1. The van der Waals surface area contributed by atoms with Crippen LogP contribution in [0.25, 0.3) is 0 Å². The van der Waals surface area contributed by atoms with Gasteiger partial charge in [-0.3, -0.25) is 4.79 Å². The third kappa shape index (κ3) is 1.16. The van der Waals surface area contributed by atoms with Crippen molar-refractivity contribution in [2.75, 3.05) is 5.32 Å². The Balaban J connectivity index is 2.50. The molecule has 1 aromatic carbocycles. The SMILES string of the molecule is C/C(=N\N)C1C(=O)Nc2ccccc21. The molecule has 1 atom stereocenters. The van der Waals surface area contributed by atoms with E-state index in [0.717, 1.165) is 11.3 Å². The molecule has 14 heavy (non-hydrogen) atoms. The fraction of sp³-hybridized carbons (Fsp3) is 0.200. The maximum Gasteiger partial charge on any atom is 0.237 e. The summed E-state index contributed by atoms with van der Waals surface area (Å²) in [6.07, 6.45) is 0. The van der Waals surface area contributed by atoms with Crippen molar-refractivity contribution in [1.82, 2.24) is 0 Å². The zero-order valence-corrected chi connectivity index (χ0v) is 7.82. The first-order valence-corrected chi connectivity index (χ1v) is 4.38. The van der Waals surface area contributed by atoms with Crippen LogP contribution in [0.5, 0.6) is 0 Å². The van der Waals surface area contributed by atoms with Crippen molar-refractivity contribution in [3.05, 3.63) is 29.8 Å². The van der Waals surface area contributed by atoms with Crippen LogP contribution in [0.3, 0.4) is 0 Å². The molecule has 72 valence electrons. The monoisotopic (exact) mass is 189 g/mol. The van der Waals surface area contributed by atoms with Gasteiger partial charge in [-0.15, -0.1) is 0 Å². The second kappa shape index (κ2) is 3.14. The first-order chi connectivity index (χ1) is 6.74. The molecule has 1 heterocycles. The summed E-state index contributed by atoms with van der Waals surface area (Å²) >= 11 is 0. The van der Waals surface area contributed by atoms with E-state index in [1.807, 2.05) is 24.3 Å². The fourth-order valence-corrected chi connectivity index (χ4v) is 1.70. The molecule has 0 spiro atoms. The molecule has 0 aromatic heterocycles. The van der Waals surface area contributed by atoms with Gasteiger partial charge in [-0.2, -0.15) is 5.10 Å². The second-order valence-corrected chi connectivity index (χ2v) is 3.28. The van der Waals surface area contributed by atoms with Crippen molar-refractivity contribution in [3.8, 4) is 0 Å². The fourth-order valence-electron chi connectivity index (χ4n) is 1.70. The molecule has 4 heteroatoms. The summed E-state index contributed by atoms with van der Waals surface area (Å²) < 4.78 is 0. The number of hydrazone groups is 1. The van der Waals surface area contributed by atoms with Crippen LogP contribution in [-0.2, 0) is 4.79 Å². The van der Waals surface area contributed by atoms with Gasteiger partial charge < -0.3 is 11.2 Å². The quantitative estimate of drug-likeness (QED) is 0.394. The largest absolute Gasteiger partial charge is 0.325 e. The van der Waals surface area contributed by atoms with Gasteiger partial charge in [-0.25, -0.2) is 0 Å². The van der Waals surface area contributed by atoms with Crippen LogP contribution in [0.2, 0.25) is 0 Å². The Morgan fingerprint density at radius 1 is 1.50 bits per heavy atom. The summed E-state index contributed by atoms with van der Waals surface area (Å²) in [6, 6.07) is 7.57. The number of hydrogen-bond donors (Lipinski definition) is 2. The summed E-state index contributed by atoms with van der Waals surface area (Å²) in [7, 11) is 0. The van der Waals surface area contributed by atoms with E-state index in [-0.39, 0.29) is 11.8 Å². The molecule has 1 unspecified atom stereocenters. The van der Waals surface area contributed by atoms with Gasteiger partial charge in [-0.1, -0.05) is 18.2 Å². The van der Waals surface area contributed by atoms with Crippen LogP contribution < -0.4 is 11.2 Å². The van der Waals surface area contributed by atoms with Crippen LogP contribution in [0.4, 0.5) is 5.69 Å². The molecular formula is C10H11N3O. The van der Waals surface area contributed by atoms with E-state index in [4.69, 9.17) is 5.84 Å². The lowest BCUT2D eigenvalue weighted by molar-refractivity contribution is -0.115. The summed E-state index contributed by atoms with van der Waals surface area (Å²) in [5, 5.41) is 6.36. The van der Waals surface area contributed by atoms with Crippen LogP contribution >= 0.6 is 0 Å². The van der Waals surface area contributed by atoms with Gasteiger partial charge in [0.1, 0.15) is 5.92 Å². The van der Waals surface area contributed by atoms with Crippen molar-refractivity contribution in [2.45, 2.75) is 12.8 Å². The van der Waals surface area contributed by atoms with Gasteiger partial charge in [0.25, 0.3) is 0 Å². The van der Waals surface area contributed by atoms with Crippen molar-refractivity contribution in [3.63, 3.8) is 0 Å². The van der Waals surface area contributed by atoms with Gasteiger partial charge in [0.05, 0.1) is 5.71 Å². The molecule has 0 saturated carbocycles. The second-order valence-electron chi connectivity index (χ2n) is 3.28. The van der Waals surface area contributed by atoms with Crippen LogP contribution in [0, 0.1) is 0 Å². The number of hydrogen-bond acceptors (Lipinski definition) is 3. The Kier molecular flexibility index (Phi) is 1.96. The van der Waals surface area contributed by atoms with E-state index in [9.17, 15) is 4.79 Å². The van der Waals surface area contributed by atoms with E-state index in [0.29, 0.717) is 5.71 Å². The Labute approximate surface area is 81.8 Å². The predicted molar refractivity (Wildman–Crippen MR) is 55.1 cm³/mol. The average Bonchev–Trinajstić information content (AvgIpc) is 2.53. The molecule has 2 rings (SSSR count). The molecule has 1 aromatic rings. The molecular weight excluding hydrogens is 178 g/mol. The Bertz CT molecular complexity index is 412. The van der Waals surface area contributed by atoms with Crippen molar-refractivity contribution in [1.29, 1.82) is 0 Å². The highest BCUT2D eigenvalue weighted by Gasteiger charge is 2.32. The minimum atomic E-state index is -0.323. The first kappa shape index (κ1) is 8.74. The van der Waals surface area contributed by atoms with Crippen LogP contribution in [0.1, 0.15) is 18.4 Å². The molecule has 1 amide bonds. The smallest absolute Gasteiger partial charge is 0.237 e. The molecule has 3 N–H and O–H groups in total. The number of nitrogens with zero attached hydrogens (tertiary/aromatic N) is 1. The number of amides is 1. The Hall–Kier alpha value is -1.84. The van der Waals surface area contributed by atoms with E-state index < -0.39 is 0 Å². The number of carbonyl (C=O) groups is 1. The molecule has 0 saturated heterocycles. The number of fused-ring (bicyclic) bond motifs is 1. The normalized spacial score (nSPS) is 20.5. The van der Waals surface area contributed by atoms with Crippen molar-refractivity contribution < 1.29 is 4.79 Å². The van der Waals surface area contributed by atoms with Crippen LogP contribution in [-0.4, -0.2) is 11.6 Å². The number of anilines is 1. The predicted octanol–water partition coefficient (Wildman–Crippen LogP) is 1.06. The Morgan fingerprint density at radius 2 is 2.21 bits per heavy atom. The third-order valence-electron chi connectivity index (χ3n) is 2.41. The maximum atomic E-state index is 11.6. The number of para-hydroxylation sites is 1. The van der Waals surface area contributed by atoms with E-state index >= 15 is 0 Å². The zero-order valence-electron chi connectivity index (χ0n) is 7.82. The molecule has 0 radical (unpaired) electrons. The molecule has 1 aliphatic rings. The van der Waals surface area contributed by atoms with Gasteiger partial charge in [0, 0.05) is 5.69 Å². The standard InChI is InChI=1S/C10H11N3O/c1-6(13-11)9-7-4-2-3-5-8(7)12-10(9)14/h2-5,9H,11H2,1H3,(H,12,14)/b13-6+. The first-order valence-electron chi connectivity index (χ1n) is 4.38. The van der Waals surface area contributed by atoms with Crippen molar-refractivity contribution >= 4 is 17.3 Å². The van der Waals surface area contributed by atoms with Gasteiger partial charge >= 0.3 is 0 Å². The number of nitrogens with one attached hydrogen (secondary N) is 1. The summed E-state index contributed by atoms with van der Waals surface area (Å²) in [6.45, 7) is 1.76. The number of carbonyl (C=O) groups excluding carboxylic acids is 1. The van der Waals surface area contributed by atoms with E-state index in [2.05, 4.69) is 10.4 Å². The van der Waals surface area contributed by atoms with Crippen LogP contribution in [0.15, 0.2) is 29.4 Å². The van der Waals surface area contributed by atoms with Crippen molar-refractivity contribution in [2.24, 2.45) is 10.9 Å². The lowest BCUT2D eigenvalue weighted by Gasteiger charge is -2.06. The third-order valence-corrected chi connectivity index (χ3v) is 2.41. The lowest BCUT2D eigenvalue weighted by Crippen LogP contribution is -2.19. The highest BCUT2D eigenvalue weighted by atomic mass is 16.2. The molecule has 1 aliphatic heterocycles. The highest BCUT2D eigenvalue weighted by Crippen LogP contribution is 2.32. The average molecular weight is 189 g/mol. The minimum Gasteiger partial charge on any atom is -0.325 e. The summed E-state index contributed by atoms with van der Waals surface area (Å²) in [4.78, 5) is 11.6.